The molecule has 0 aliphatic carbocycles. The summed E-state index contributed by atoms with van der Waals surface area (Å²) in [5, 5.41) is 2.75. The summed E-state index contributed by atoms with van der Waals surface area (Å²) >= 11 is 0. The Bertz CT molecular complexity index is 905. The highest BCUT2D eigenvalue weighted by atomic mass is 32.2. The Hall–Kier alpha value is -2.32. The van der Waals surface area contributed by atoms with Gasteiger partial charge < -0.3 is 5.32 Å². The molecule has 0 radical (unpaired) electrons. The van der Waals surface area contributed by atoms with Crippen LogP contribution in [0.2, 0.25) is 0 Å². The Morgan fingerprint density at radius 3 is 2.27 bits per heavy atom. The summed E-state index contributed by atoms with van der Waals surface area (Å²) in [7, 11) is -3.61. The number of anilines is 1. The first kappa shape index (κ1) is 20.0. The van der Waals surface area contributed by atoms with Gasteiger partial charge in [-0.3, -0.25) is 9.78 Å². The molecule has 0 bridgehead atoms. The van der Waals surface area contributed by atoms with E-state index < -0.39 is 15.9 Å². The van der Waals surface area contributed by atoms with E-state index in [2.05, 4.69) is 15.3 Å². The quantitative estimate of drug-likeness (QED) is 0.837. The lowest BCUT2D eigenvalue weighted by Crippen LogP contribution is -2.30. The lowest BCUT2D eigenvalue weighted by molar-refractivity contribution is 0.102. The summed E-state index contributed by atoms with van der Waals surface area (Å²) < 4.78 is 27.0. The molecule has 0 fully saturated rings. The van der Waals surface area contributed by atoms with Crippen LogP contribution < -0.4 is 5.32 Å². The van der Waals surface area contributed by atoms with E-state index in [-0.39, 0.29) is 10.6 Å². The summed E-state index contributed by atoms with van der Waals surface area (Å²) in [6.07, 6.45) is 2.90. The van der Waals surface area contributed by atoms with Gasteiger partial charge in [0.05, 0.1) is 16.8 Å². The standard InChI is InChI=1S/C18H24N4O3S/c1-6-22(7-2)26(24,25)15-8-12(3)14(5)16(9-15)21-18(23)17-11-19-13(4)10-20-17/h8-11H,6-7H2,1-5H3,(H,21,23). The minimum absolute atomic E-state index is 0.162. The van der Waals surface area contributed by atoms with Gasteiger partial charge in [-0.15, -0.1) is 0 Å². The number of hydrogen-bond donors (Lipinski definition) is 1. The van der Waals surface area contributed by atoms with Gasteiger partial charge in [0.1, 0.15) is 5.69 Å². The molecule has 0 aliphatic heterocycles. The van der Waals surface area contributed by atoms with E-state index >= 15 is 0 Å². The van der Waals surface area contributed by atoms with Crippen molar-refractivity contribution in [1.82, 2.24) is 14.3 Å². The second-order valence-corrected chi connectivity index (χ2v) is 7.94. The van der Waals surface area contributed by atoms with Gasteiger partial charge in [0.2, 0.25) is 10.0 Å². The SMILES string of the molecule is CCN(CC)S(=O)(=O)c1cc(C)c(C)c(NC(=O)c2cnc(C)cn2)c1. The predicted molar refractivity (Wildman–Crippen MR) is 101 cm³/mol. The zero-order valence-corrected chi connectivity index (χ0v) is 16.5. The smallest absolute Gasteiger partial charge is 0.275 e. The highest BCUT2D eigenvalue weighted by molar-refractivity contribution is 7.89. The number of hydrogen-bond acceptors (Lipinski definition) is 5. The number of nitrogens with one attached hydrogen (secondary N) is 1. The van der Waals surface area contributed by atoms with Crippen molar-refractivity contribution in [2.45, 2.75) is 39.5 Å². The zero-order chi connectivity index (χ0) is 19.5. The van der Waals surface area contributed by atoms with Crippen LogP contribution in [0.1, 0.15) is 41.2 Å². The molecule has 1 aromatic carbocycles. The summed E-state index contributed by atoms with van der Waals surface area (Å²) in [6, 6.07) is 3.12. The molecule has 2 aromatic rings. The molecule has 0 atom stereocenters. The van der Waals surface area contributed by atoms with Crippen LogP contribution in [0.25, 0.3) is 0 Å². The van der Waals surface area contributed by atoms with Crippen molar-refractivity contribution < 1.29 is 13.2 Å². The third-order valence-electron chi connectivity index (χ3n) is 4.25. The molecule has 7 nitrogen and oxygen atoms in total. The minimum atomic E-state index is -3.61. The number of carbonyl (C=O) groups excluding carboxylic acids is 1. The van der Waals surface area contributed by atoms with Gasteiger partial charge in [-0.25, -0.2) is 13.4 Å². The molecule has 0 saturated carbocycles. The molecular weight excluding hydrogens is 352 g/mol. The molecule has 2 rings (SSSR count). The van der Waals surface area contributed by atoms with E-state index in [1.807, 2.05) is 13.8 Å². The lowest BCUT2D eigenvalue weighted by atomic mass is 10.1. The highest BCUT2D eigenvalue weighted by Gasteiger charge is 2.23. The number of amides is 1. The Balaban J connectivity index is 2.42. The van der Waals surface area contributed by atoms with Crippen molar-refractivity contribution in [3.63, 3.8) is 0 Å². The first-order valence-electron chi connectivity index (χ1n) is 8.42. The molecule has 0 spiro atoms. The Morgan fingerprint density at radius 2 is 1.73 bits per heavy atom. The highest BCUT2D eigenvalue weighted by Crippen LogP contribution is 2.26. The number of rotatable bonds is 6. The number of nitrogens with zero attached hydrogens (tertiary/aromatic N) is 3. The van der Waals surface area contributed by atoms with Crippen molar-refractivity contribution in [1.29, 1.82) is 0 Å². The van der Waals surface area contributed by atoms with Crippen LogP contribution >= 0.6 is 0 Å². The van der Waals surface area contributed by atoms with Gasteiger partial charge in [0, 0.05) is 25.0 Å². The number of aromatic nitrogens is 2. The van der Waals surface area contributed by atoms with E-state index in [1.54, 1.807) is 26.8 Å². The lowest BCUT2D eigenvalue weighted by Gasteiger charge is -2.20. The van der Waals surface area contributed by atoms with E-state index in [1.165, 1.54) is 22.8 Å². The normalized spacial score (nSPS) is 11.6. The fourth-order valence-corrected chi connectivity index (χ4v) is 4.08. The summed E-state index contributed by atoms with van der Waals surface area (Å²) in [5.74, 6) is -0.433. The van der Waals surface area contributed by atoms with E-state index in [0.29, 0.717) is 24.5 Å². The second kappa shape index (κ2) is 7.92. The van der Waals surface area contributed by atoms with Crippen LogP contribution in [0.4, 0.5) is 5.69 Å². The molecule has 0 unspecified atom stereocenters. The van der Waals surface area contributed by atoms with Crippen LogP contribution in [-0.2, 0) is 10.0 Å². The fraction of sp³-hybridized carbons (Fsp3) is 0.389. The van der Waals surface area contributed by atoms with Crippen molar-refractivity contribution in [2.24, 2.45) is 0 Å². The molecular formula is C18H24N4O3S. The number of aryl methyl sites for hydroxylation is 2. The molecule has 1 N–H and O–H groups in total. The maximum absolute atomic E-state index is 12.8. The van der Waals surface area contributed by atoms with E-state index in [0.717, 1.165) is 11.1 Å². The first-order chi connectivity index (χ1) is 12.2. The largest absolute Gasteiger partial charge is 0.320 e. The zero-order valence-electron chi connectivity index (χ0n) is 15.7. The fourth-order valence-electron chi connectivity index (χ4n) is 2.51. The minimum Gasteiger partial charge on any atom is -0.320 e. The Kier molecular flexibility index (Phi) is 6.09. The predicted octanol–water partition coefficient (Wildman–Crippen LogP) is 2.68. The van der Waals surface area contributed by atoms with Crippen LogP contribution in [0.3, 0.4) is 0 Å². The molecule has 140 valence electrons. The Labute approximate surface area is 154 Å². The number of carbonyl (C=O) groups is 1. The van der Waals surface area contributed by atoms with Gasteiger partial charge in [0.15, 0.2) is 0 Å². The van der Waals surface area contributed by atoms with Crippen LogP contribution in [0.5, 0.6) is 0 Å². The van der Waals surface area contributed by atoms with Gasteiger partial charge in [-0.05, 0) is 44.0 Å². The van der Waals surface area contributed by atoms with Crippen molar-refractivity contribution in [3.8, 4) is 0 Å². The van der Waals surface area contributed by atoms with Crippen LogP contribution in [0, 0.1) is 20.8 Å². The van der Waals surface area contributed by atoms with Crippen molar-refractivity contribution >= 4 is 21.6 Å². The van der Waals surface area contributed by atoms with Gasteiger partial charge in [0.25, 0.3) is 5.91 Å². The van der Waals surface area contributed by atoms with Crippen molar-refractivity contribution in [3.05, 3.63) is 47.0 Å². The topological polar surface area (TPSA) is 92.3 Å². The Morgan fingerprint density at radius 1 is 1.08 bits per heavy atom. The average Bonchev–Trinajstić information content (AvgIpc) is 2.60. The summed E-state index contributed by atoms with van der Waals surface area (Å²) in [6.45, 7) is 9.78. The number of sulfonamides is 1. The van der Waals surface area contributed by atoms with E-state index in [9.17, 15) is 13.2 Å². The van der Waals surface area contributed by atoms with Gasteiger partial charge in [-0.2, -0.15) is 4.31 Å². The molecule has 0 aliphatic rings. The third-order valence-corrected chi connectivity index (χ3v) is 6.27. The monoisotopic (exact) mass is 376 g/mol. The average molecular weight is 376 g/mol. The maximum atomic E-state index is 12.8. The maximum Gasteiger partial charge on any atom is 0.275 e. The first-order valence-corrected chi connectivity index (χ1v) is 9.86. The van der Waals surface area contributed by atoms with Crippen LogP contribution in [-0.4, -0.2) is 41.7 Å². The molecule has 1 heterocycles. The van der Waals surface area contributed by atoms with Crippen molar-refractivity contribution in [2.75, 3.05) is 18.4 Å². The molecule has 8 heteroatoms. The van der Waals surface area contributed by atoms with Gasteiger partial charge in [-0.1, -0.05) is 13.8 Å². The van der Waals surface area contributed by atoms with E-state index in [4.69, 9.17) is 0 Å². The second-order valence-electron chi connectivity index (χ2n) is 6.00. The molecule has 1 aromatic heterocycles. The third kappa shape index (κ3) is 4.08. The van der Waals surface area contributed by atoms with Gasteiger partial charge >= 0.3 is 0 Å². The molecule has 0 saturated heterocycles. The molecule has 26 heavy (non-hydrogen) atoms. The molecule has 1 amide bonds. The summed E-state index contributed by atoms with van der Waals surface area (Å²) in [4.78, 5) is 20.7. The number of benzene rings is 1. The summed E-state index contributed by atoms with van der Waals surface area (Å²) in [5.41, 5.74) is 2.91. The van der Waals surface area contributed by atoms with Crippen LogP contribution in [0.15, 0.2) is 29.4 Å².